The van der Waals surface area contributed by atoms with Crippen LogP contribution < -0.4 is 11.1 Å². The van der Waals surface area contributed by atoms with Crippen LogP contribution in [-0.4, -0.2) is 93.2 Å². The summed E-state index contributed by atoms with van der Waals surface area (Å²) in [4.78, 5) is 52.0. The summed E-state index contributed by atoms with van der Waals surface area (Å²) in [7, 11) is 1.26. The van der Waals surface area contributed by atoms with Crippen molar-refractivity contribution in [2.45, 2.75) is 23.5 Å². The van der Waals surface area contributed by atoms with Crippen LogP contribution in [0.15, 0.2) is 33.0 Å². The van der Waals surface area contributed by atoms with Crippen LogP contribution in [0.2, 0.25) is 0 Å². The number of nitrogens with one attached hydrogen (secondary N) is 1. The summed E-state index contributed by atoms with van der Waals surface area (Å²) >= 11 is 3.58. The van der Waals surface area contributed by atoms with Gasteiger partial charge in [0.25, 0.3) is 11.8 Å². The third-order valence-corrected chi connectivity index (χ3v) is 8.58. The minimum absolute atomic E-state index is 0.151. The number of aryl methyl sites for hydroxylation is 1. The Morgan fingerprint density at radius 2 is 2.16 bits per heavy atom. The molecule has 1 saturated heterocycles. The highest BCUT2D eigenvalue weighted by Gasteiger charge is 2.54. The molecule has 2 aliphatic heterocycles. The summed E-state index contributed by atoms with van der Waals surface area (Å²) in [5, 5.41) is 36.0. The van der Waals surface area contributed by atoms with Gasteiger partial charge in [0, 0.05) is 28.6 Å². The Balaban J connectivity index is 1.33. The summed E-state index contributed by atoms with van der Waals surface area (Å²) < 4.78 is 1.35. The number of carbonyl (C=O) groups is 3. The van der Waals surface area contributed by atoms with E-state index < -0.39 is 29.2 Å². The number of carboxylic acids is 1. The van der Waals surface area contributed by atoms with Crippen molar-refractivity contribution in [1.82, 2.24) is 34.8 Å². The van der Waals surface area contributed by atoms with E-state index in [1.54, 1.807) is 13.0 Å². The SMILES string of the molecule is CO/N=C(\C(=O)N[C@@H]1C(=O)N2C(C(=O)O)=C(CSc3nnc4cc(C)nc(O)n34)CS[C@H]12)c1csc(N)n1. The number of carboxylic acid groups (broad SMARTS) is 1. The van der Waals surface area contributed by atoms with Crippen LogP contribution in [0.1, 0.15) is 11.4 Å². The number of nitrogens with two attached hydrogens (primary N) is 1. The molecule has 18 heteroatoms. The van der Waals surface area contributed by atoms with E-state index >= 15 is 0 Å². The second-order valence-electron chi connectivity index (χ2n) is 7.97. The lowest BCUT2D eigenvalue weighted by atomic mass is 10.0. The first kappa shape index (κ1) is 25.7. The van der Waals surface area contributed by atoms with Crippen molar-refractivity contribution in [2.24, 2.45) is 5.16 Å². The number of thioether (sulfide) groups is 2. The number of hydrogen-bond acceptors (Lipinski definition) is 14. The van der Waals surface area contributed by atoms with E-state index in [-0.39, 0.29) is 39.8 Å². The smallest absolute Gasteiger partial charge is 0.352 e. The molecule has 0 spiro atoms. The number of thiazole rings is 1. The number of aromatic nitrogens is 5. The second kappa shape index (κ2) is 10.1. The number of rotatable bonds is 8. The zero-order valence-electron chi connectivity index (χ0n) is 19.7. The van der Waals surface area contributed by atoms with Gasteiger partial charge in [0.15, 0.2) is 21.6 Å². The average molecular weight is 578 g/mol. The summed E-state index contributed by atoms with van der Waals surface area (Å²) in [5.74, 6) is -2.09. The number of oxime groups is 1. The zero-order valence-corrected chi connectivity index (χ0v) is 22.1. The second-order valence-corrected chi connectivity index (χ2v) is 10.9. The normalized spacial score (nSPS) is 19.4. The lowest BCUT2D eigenvalue weighted by Crippen LogP contribution is -2.71. The quantitative estimate of drug-likeness (QED) is 0.121. The molecule has 38 heavy (non-hydrogen) atoms. The average Bonchev–Trinajstić information content (AvgIpc) is 3.49. The van der Waals surface area contributed by atoms with E-state index in [9.17, 15) is 24.6 Å². The van der Waals surface area contributed by atoms with Crippen LogP contribution in [0.4, 0.5) is 5.13 Å². The predicted octanol–water partition coefficient (Wildman–Crippen LogP) is 0.0584. The summed E-state index contributed by atoms with van der Waals surface area (Å²) in [6.45, 7) is 1.71. The Hall–Kier alpha value is -3.90. The Kier molecular flexibility index (Phi) is 6.84. The van der Waals surface area contributed by atoms with Gasteiger partial charge in [0.1, 0.15) is 29.9 Å². The van der Waals surface area contributed by atoms with Crippen LogP contribution in [0.25, 0.3) is 5.65 Å². The number of aliphatic carboxylic acids is 1. The highest BCUT2D eigenvalue weighted by molar-refractivity contribution is 8.01. The first-order chi connectivity index (χ1) is 18.2. The van der Waals surface area contributed by atoms with Gasteiger partial charge in [0.05, 0.1) is 0 Å². The van der Waals surface area contributed by atoms with Crippen molar-refractivity contribution in [3.05, 3.63) is 34.1 Å². The lowest BCUT2D eigenvalue weighted by Gasteiger charge is -2.49. The van der Waals surface area contributed by atoms with Crippen LogP contribution in [0.3, 0.4) is 0 Å². The predicted molar refractivity (Wildman–Crippen MR) is 138 cm³/mol. The van der Waals surface area contributed by atoms with E-state index in [1.165, 1.54) is 28.7 Å². The largest absolute Gasteiger partial charge is 0.480 e. The van der Waals surface area contributed by atoms with Gasteiger partial charge in [-0.1, -0.05) is 16.9 Å². The molecule has 0 unspecified atom stereocenters. The fourth-order valence-corrected chi connectivity index (χ4v) is 6.90. The van der Waals surface area contributed by atoms with Crippen molar-refractivity contribution in [3.63, 3.8) is 0 Å². The number of β-lactam (4-membered cyclic amide) rings is 1. The Morgan fingerprint density at radius 3 is 2.84 bits per heavy atom. The third kappa shape index (κ3) is 4.50. The molecule has 3 aromatic heterocycles. The molecule has 5 N–H and O–H groups in total. The Morgan fingerprint density at radius 1 is 1.37 bits per heavy atom. The number of hydrogen-bond donors (Lipinski definition) is 4. The number of nitrogens with zero attached hydrogens (tertiary/aromatic N) is 7. The van der Waals surface area contributed by atoms with E-state index in [1.807, 2.05) is 0 Å². The van der Waals surface area contributed by atoms with E-state index in [2.05, 4.69) is 30.6 Å². The lowest BCUT2D eigenvalue weighted by molar-refractivity contribution is -0.150. The third-order valence-electron chi connectivity index (χ3n) is 5.55. The van der Waals surface area contributed by atoms with Crippen molar-refractivity contribution in [1.29, 1.82) is 0 Å². The molecule has 15 nitrogen and oxygen atoms in total. The van der Waals surface area contributed by atoms with Crippen molar-refractivity contribution < 1.29 is 29.4 Å². The van der Waals surface area contributed by atoms with Crippen LogP contribution >= 0.6 is 34.9 Å². The molecule has 5 heterocycles. The summed E-state index contributed by atoms with van der Waals surface area (Å²) in [6.07, 6.45) is 0. The highest BCUT2D eigenvalue weighted by Crippen LogP contribution is 2.41. The van der Waals surface area contributed by atoms with Gasteiger partial charge >= 0.3 is 12.0 Å². The first-order valence-electron chi connectivity index (χ1n) is 10.8. The topological polar surface area (TPSA) is 211 Å². The molecule has 2 aliphatic rings. The van der Waals surface area contributed by atoms with Gasteiger partial charge in [-0.15, -0.1) is 33.3 Å². The molecule has 198 valence electrons. The Bertz CT molecular complexity index is 1530. The molecule has 0 radical (unpaired) electrons. The fourth-order valence-electron chi connectivity index (χ4n) is 3.93. The molecular weight excluding hydrogens is 558 g/mol. The fraction of sp³-hybridized carbons (Fsp3) is 0.300. The van der Waals surface area contributed by atoms with Crippen molar-refractivity contribution in [2.75, 3.05) is 24.3 Å². The van der Waals surface area contributed by atoms with Crippen molar-refractivity contribution in [3.8, 4) is 6.01 Å². The van der Waals surface area contributed by atoms with Gasteiger partial charge < -0.3 is 26.1 Å². The van der Waals surface area contributed by atoms with Gasteiger partial charge in [0.2, 0.25) is 0 Å². The minimum atomic E-state index is -1.27. The minimum Gasteiger partial charge on any atom is -0.480 e. The zero-order chi connectivity index (χ0) is 27.1. The maximum Gasteiger partial charge on any atom is 0.352 e. The van der Waals surface area contributed by atoms with Gasteiger partial charge in [-0.3, -0.25) is 14.5 Å². The number of anilines is 1. The van der Waals surface area contributed by atoms with Crippen LogP contribution in [0, 0.1) is 6.92 Å². The molecule has 0 saturated carbocycles. The number of aromatic hydroxyl groups is 1. The van der Waals surface area contributed by atoms with Crippen LogP contribution in [-0.2, 0) is 19.2 Å². The molecule has 3 aromatic rings. The number of fused-ring (bicyclic) bond motifs is 2. The molecule has 1 fully saturated rings. The number of nitrogen functional groups attached to an aromatic ring is 1. The number of carbonyl (C=O) groups excluding carboxylic acids is 2. The standard InChI is InChI=1S/C20H19N9O6S3/c1-7-3-10-25-26-20(28(10)19(34)22-7)38-5-8-4-36-16-12(15(31)29(16)13(8)17(32)33)24-14(30)11(27-35-2)9-6-37-18(21)23-9/h3,6,12,16H,4-5H2,1-2H3,(H2,21,23)(H,22,34)(H,24,30)(H,32,33)/b27-11-/t12-,16-/m1/s1. The molecule has 5 rings (SSSR count). The maximum atomic E-state index is 13.0. The van der Waals surface area contributed by atoms with Gasteiger partial charge in [-0.05, 0) is 12.5 Å². The summed E-state index contributed by atoms with van der Waals surface area (Å²) in [5.41, 5.74) is 6.97. The first-order valence-corrected chi connectivity index (χ1v) is 13.7. The summed E-state index contributed by atoms with van der Waals surface area (Å²) in [6, 6.07) is 0.394. The van der Waals surface area contributed by atoms with Crippen LogP contribution in [0.5, 0.6) is 6.01 Å². The number of amides is 2. The molecular formula is C20H19N9O6S3. The van der Waals surface area contributed by atoms with E-state index in [4.69, 9.17) is 10.6 Å². The molecule has 0 aromatic carbocycles. The molecule has 2 atom stereocenters. The van der Waals surface area contributed by atoms with E-state index in [0.717, 1.165) is 28.0 Å². The molecule has 2 amide bonds. The molecule has 0 aliphatic carbocycles. The van der Waals surface area contributed by atoms with Crippen molar-refractivity contribution >= 4 is 69.1 Å². The van der Waals surface area contributed by atoms with E-state index in [0.29, 0.717) is 22.1 Å². The Labute approximate surface area is 226 Å². The molecule has 0 bridgehead atoms. The maximum absolute atomic E-state index is 13.0. The monoisotopic (exact) mass is 577 g/mol. The highest BCUT2D eigenvalue weighted by atomic mass is 32.2. The van der Waals surface area contributed by atoms with Gasteiger partial charge in [-0.2, -0.15) is 0 Å². The van der Waals surface area contributed by atoms with Gasteiger partial charge in [-0.25, -0.2) is 19.2 Å².